The minimum Gasteiger partial charge on any atom is -0.455 e. The van der Waals surface area contributed by atoms with Crippen molar-refractivity contribution in [2.75, 3.05) is 60.6 Å². The van der Waals surface area contributed by atoms with E-state index in [0.717, 1.165) is 43.7 Å². The first-order chi connectivity index (χ1) is 29.2. The lowest BCUT2D eigenvalue weighted by molar-refractivity contribution is -0.134. The molecule has 2 saturated heterocycles. The Balaban J connectivity index is 0.816. The van der Waals surface area contributed by atoms with Crippen LogP contribution in [0.3, 0.4) is 0 Å². The van der Waals surface area contributed by atoms with Gasteiger partial charge in [0.05, 0.1) is 17.4 Å². The number of fused-ring (bicyclic) bond motifs is 1. The summed E-state index contributed by atoms with van der Waals surface area (Å²) < 4.78 is 22.0. The molecule has 0 radical (unpaired) electrons. The molecule has 0 aliphatic carbocycles. The van der Waals surface area contributed by atoms with Crippen LogP contribution >= 0.6 is 0 Å². The number of hydrogen-bond acceptors (Lipinski definition) is 12. The number of amides is 4. The predicted octanol–water partition coefficient (Wildman–Crippen LogP) is 4.98. The third kappa shape index (κ3) is 10.1. The quantitative estimate of drug-likeness (QED) is 0.0481. The van der Waals surface area contributed by atoms with E-state index in [1.54, 1.807) is 37.5 Å². The highest BCUT2D eigenvalue weighted by Crippen LogP contribution is 2.33. The Bertz CT molecular complexity index is 2360. The number of nitrogens with zero attached hydrogens (tertiary/aromatic N) is 5. The standard InChI is InChI=1S/C43H47FN10O6/c1-45-35-24-28(6-13-37(35)60-36-14-7-31(44)23-29(36)25-47-38-16-18-54-41(50-38)30(27-55)26-48-54)42(58)46-17-4-2-3-5-40(57)53-21-19-52(20-22-53)33-10-8-32(9-11-33)49-34-12-15-39(56)51-43(34)59/h6-11,13-14,16,18,23-24,26-27,34,45,49H,2-5,12,15,17,19-22,25H2,1H3,(H,46,58)(H,47,50)(H,51,56,59). The van der Waals surface area contributed by atoms with Crippen LogP contribution < -0.4 is 36.2 Å². The zero-order chi connectivity index (χ0) is 42.0. The molecule has 0 bridgehead atoms. The van der Waals surface area contributed by atoms with Crippen LogP contribution in [0.4, 0.5) is 27.3 Å². The lowest BCUT2D eigenvalue weighted by Gasteiger charge is -2.36. The zero-order valence-electron chi connectivity index (χ0n) is 33.2. The summed E-state index contributed by atoms with van der Waals surface area (Å²) in [6, 6.07) is 18.4. The van der Waals surface area contributed by atoms with Gasteiger partial charge in [-0.15, -0.1) is 0 Å². The van der Waals surface area contributed by atoms with E-state index in [4.69, 9.17) is 4.74 Å². The van der Waals surface area contributed by atoms with Crippen molar-refractivity contribution in [3.63, 3.8) is 0 Å². The maximum absolute atomic E-state index is 14.3. The number of nitrogens with one attached hydrogen (secondary N) is 5. The first-order valence-electron chi connectivity index (χ1n) is 20.0. The Labute approximate surface area is 345 Å². The number of aldehydes is 1. The maximum atomic E-state index is 14.3. The third-order valence-electron chi connectivity index (χ3n) is 10.5. The van der Waals surface area contributed by atoms with E-state index < -0.39 is 11.9 Å². The Kier molecular flexibility index (Phi) is 13.1. The third-order valence-corrected chi connectivity index (χ3v) is 10.5. The van der Waals surface area contributed by atoms with E-state index in [2.05, 4.69) is 41.6 Å². The topological polar surface area (TPSA) is 191 Å². The number of rotatable bonds is 17. The molecule has 4 amide bonds. The van der Waals surface area contributed by atoms with E-state index in [1.165, 1.54) is 28.9 Å². The summed E-state index contributed by atoms with van der Waals surface area (Å²) in [5.74, 6) is 0.228. The fourth-order valence-electron chi connectivity index (χ4n) is 7.17. The molecule has 17 heteroatoms. The van der Waals surface area contributed by atoms with Crippen molar-refractivity contribution < 1.29 is 33.1 Å². The van der Waals surface area contributed by atoms with E-state index >= 15 is 0 Å². The van der Waals surface area contributed by atoms with Crippen molar-refractivity contribution in [3.8, 4) is 11.5 Å². The van der Waals surface area contributed by atoms with Gasteiger partial charge in [-0.25, -0.2) is 13.9 Å². The number of piperazine rings is 1. The van der Waals surface area contributed by atoms with E-state index in [1.807, 2.05) is 29.2 Å². The average molecular weight is 819 g/mol. The second-order valence-electron chi connectivity index (χ2n) is 14.6. The number of anilines is 4. The van der Waals surface area contributed by atoms with Gasteiger partial charge in [0, 0.05) is 87.9 Å². The van der Waals surface area contributed by atoms with Gasteiger partial charge < -0.3 is 35.8 Å². The molecule has 16 nitrogen and oxygen atoms in total. The SMILES string of the molecule is CNc1cc(C(=O)NCCCCCC(=O)N2CCN(c3ccc(NC4CCC(=O)NC4=O)cc3)CC2)ccc1Oc1ccc(F)cc1CNc1ccn2ncc(C=O)c2n1. The monoisotopic (exact) mass is 818 g/mol. The highest BCUT2D eigenvalue weighted by Gasteiger charge is 2.27. The number of hydrogen-bond donors (Lipinski definition) is 5. The molecule has 3 aromatic carbocycles. The van der Waals surface area contributed by atoms with E-state index in [0.29, 0.717) is 90.5 Å². The van der Waals surface area contributed by atoms with E-state index in [9.17, 15) is 28.4 Å². The van der Waals surface area contributed by atoms with Gasteiger partial charge in [-0.1, -0.05) is 6.42 Å². The number of aromatic nitrogens is 3. The van der Waals surface area contributed by atoms with Gasteiger partial charge in [-0.2, -0.15) is 5.10 Å². The van der Waals surface area contributed by atoms with Gasteiger partial charge in [0.1, 0.15) is 23.4 Å². The van der Waals surface area contributed by atoms with Crippen LogP contribution in [0.2, 0.25) is 0 Å². The number of ether oxygens (including phenoxy) is 1. The van der Waals surface area contributed by atoms with Gasteiger partial charge in [0.25, 0.3) is 5.91 Å². The number of benzene rings is 3. The van der Waals surface area contributed by atoms with Crippen molar-refractivity contribution in [2.24, 2.45) is 0 Å². The molecule has 0 spiro atoms. The highest BCUT2D eigenvalue weighted by molar-refractivity contribution is 6.01. The molecule has 2 fully saturated rings. The van der Waals surface area contributed by atoms with Gasteiger partial charge in [0.2, 0.25) is 17.7 Å². The second-order valence-corrected chi connectivity index (χ2v) is 14.6. The molecule has 4 heterocycles. The molecule has 1 unspecified atom stereocenters. The van der Waals surface area contributed by atoms with E-state index in [-0.39, 0.29) is 30.2 Å². The van der Waals surface area contributed by atoms with Crippen LogP contribution in [0.15, 0.2) is 79.1 Å². The molecule has 312 valence electrons. The fraction of sp³-hybridized carbons (Fsp3) is 0.326. The number of unbranched alkanes of at least 4 members (excludes halogenated alkanes) is 2. The van der Waals surface area contributed by atoms with Crippen LogP contribution in [0.25, 0.3) is 5.65 Å². The predicted molar refractivity (Wildman–Crippen MR) is 224 cm³/mol. The minimum atomic E-state index is -0.437. The Hall–Kier alpha value is -7.04. The smallest absolute Gasteiger partial charge is 0.251 e. The molecule has 0 saturated carbocycles. The van der Waals surface area contributed by atoms with Crippen LogP contribution in [0.1, 0.15) is 64.8 Å². The Morgan fingerprint density at radius 1 is 0.967 bits per heavy atom. The Morgan fingerprint density at radius 2 is 1.77 bits per heavy atom. The fourth-order valence-corrected chi connectivity index (χ4v) is 7.17. The summed E-state index contributed by atoms with van der Waals surface area (Å²) in [5.41, 5.74) is 4.14. The van der Waals surface area contributed by atoms with Gasteiger partial charge in [-0.05, 0) is 86.0 Å². The van der Waals surface area contributed by atoms with Crippen LogP contribution in [0.5, 0.6) is 11.5 Å². The molecular weight excluding hydrogens is 772 g/mol. The van der Waals surface area contributed by atoms with Crippen molar-refractivity contribution >= 4 is 58.4 Å². The van der Waals surface area contributed by atoms with Crippen molar-refractivity contribution in [3.05, 3.63) is 102 Å². The summed E-state index contributed by atoms with van der Waals surface area (Å²) >= 11 is 0. The minimum absolute atomic E-state index is 0.132. The lowest BCUT2D eigenvalue weighted by atomic mass is 10.1. The first kappa shape index (κ1) is 41.1. The molecule has 2 aliphatic heterocycles. The number of carbonyl (C=O) groups is 5. The summed E-state index contributed by atoms with van der Waals surface area (Å²) in [6.07, 6.45) is 7.27. The summed E-state index contributed by atoms with van der Waals surface area (Å²) in [5, 5.41) is 18.8. The molecule has 7 rings (SSSR count). The lowest BCUT2D eigenvalue weighted by Crippen LogP contribution is -2.48. The van der Waals surface area contributed by atoms with Crippen LogP contribution in [-0.2, 0) is 20.9 Å². The Morgan fingerprint density at radius 3 is 2.53 bits per heavy atom. The van der Waals surface area contributed by atoms with Gasteiger partial charge >= 0.3 is 0 Å². The summed E-state index contributed by atoms with van der Waals surface area (Å²) in [4.78, 5) is 69.4. The summed E-state index contributed by atoms with van der Waals surface area (Å²) in [6.45, 7) is 3.36. The largest absolute Gasteiger partial charge is 0.455 e. The number of carbonyl (C=O) groups excluding carboxylic acids is 5. The maximum Gasteiger partial charge on any atom is 0.251 e. The van der Waals surface area contributed by atoms with Gasteiger partial charge in [0.15, 0.2) is 17.7 Å². The number of halogens is 1. The van der Waals surface area contributed by atoms with Gasteiger partial charge in [-0.3, -0.25) is 29.3 Å². The van der Waals surface area contributed by atoms with Crippen molar-refractivity contribution in [2.45, 2.75) is 51.1 Å². The molecule has 2 aromatic heterocycles. The molecule has 5 N–H and O–H groups in total. The second kappa shape index (κ2) is 19.1. The first-order valence-corrected chi connectivity index (χ1v) is 20.0. The summed E-state index contributed by atoms with van der Waals surface area (Å²) in [7, 11) is 1.72. The average Bonchev–Trinajstić information content (AvgIpc) is 3.68. The molecule has 2 aliphatic rings. The number of imide groups is 1. The zero-order valence-corrected chi connectivity index (χ0v) is 33.2. The molecule has 1 atom stereocenters. The number of piperidine rings is 1. The molecule has 60 heavy (non-hydrogen) atoms. The highest BCUT2D eigenvalue weighted by atomic mass is 19.1. The van der Waals surface area contributed by atoms with Crippen LogP contribution in [-0.4, -0.2) is 95.2 Å². The van der Waals surface area contributed by atoms with Crippen molar-refractivity contribution in [1.29, 1.82) is 0 Å². The van der Waals surface area contributed by atoms with Crippen LogP contribution in [0, 0.1) is 5.82 Å². The molecule has 5 aromatic rings. The normalized spacial score (nSPS) is 15.3. The van der Waals surface area contributed by atoms with Crippen molar-refractivity contribution in [1.82, 2.24) is 30.1 Å². The molecular formula is C43H47FN10O6.